The van der Waals surface area contributed by atoms with E-state index in [1.54, 1.807) is 25.3 Å². The summed E-state index contributed by atoms with van der Waals surface area (Å²) in [6.45, 7) is 2.09. The SMILES string of the molecule is COc1cc(N)ccc1C(=O)N[C@H](C)C1CCCCC1. The van der Waals surface area contributed by atoms with E-state index in [2.05, 4.69) is 12.2 Å². The number of anilines is 1. The van der Waals surface area contributed by atoms with Crippen molar-refractivity contribution in [2.45, 2.75) is 45.1 Å². The number of amides is 1. The molecule has 1 aromatic carbocycles. The van der Waals surface area contributed by atoms with E-state index >= 15 is 0 Å². The van der Waals surface area contributed by atoms with E-state index in [1.165, 1.54) is 32.1 Å². The molecule has 4 nitrogen and oxygen atoms in total. The summed E-state index contributed by atoms with van der Waals surface area (Å²) >= 11 is 0. The summed E-state index contributed by atoms with van der Waals surface area (Å²) < 4.78 is 5.23. The van der Waals surface area contributed by atoms with Gasteiger partial charge in [0.25, 0.3) is 5.91 Å². The van der Waals surface area contributed by atoms with E-state index in [0.717, 1.165) is 0 Å². The number of nitrogen functional groups attached to an aromatic ring is 1. The fourth-order valence-corrected chi connectivity index (χ4v) is 2.93. The molecule has 0 spiro atoms. The third-order valence-electron chi connectivity index (χ3n) is 4.19. The maximum atomic E-state index is 12.4. The quantitative estimate of drug-likeness (QED) is 0.831. The van der Waals surface area contributed by atoms with Crippen molar-refractivity contribution in [3.05, 3.63) is 23.8 Å². The molecule has 1 fully saturated rings. The monoisotopic (exact) mass is 276 g/mol. The Morgan fingerprint density at radius 3 is 2.70 bits per heavy atom. The average molecular weight is 276 g/mol. The van der Waals surface area contributed by atoms with Gasteiger partial charge in [-0.1, -0.05) is 19.3 Å². The van der Waals surface area contributed by atoms with Gasteiger partial charge in [-0.3, -0.25) is 4.79 Å². The van der Waals surface area contributed by atoms with Crippen molar-refractivity contribution < 1.29 is 9.53 Å². The van der Waals surface area contributed by atoms with Gasteiger partial charge in [-0.25, -0.2) is 0 Å². The van der Waals surface area contributed by atoms with Crippen molar-refractivity contribution in [1.29, 1.82) is 0 Å². The molecule has 1 amide bonds. The van der Waals surface area contributed by atoms with Gasteiger partial charge in [0.1, 0.15) is 5.75 Å². The summed E-state index contributed by atoms with van der Waals surface area (Å²) in [4.78, 5) is 12.4. The molecular weight excluding hydrogens is 252 g/mol. The Morgan fingerprint density at radius 2 is 2.05 bits per heavy atom. The van der Waals surface area contributed by atoms with Gasteiger partial charge in [0.05, 0.1) is 12.7 Å². The molecule has 0 heterocycles. The summed E-state index contributed by atoms with van der Waals surface area (Å²) in [6, 6.07) is 5.32. The highest BCUT2D eigenvalue weighted by Crippen LogP contribution is 2.27. The summed E-state index contributed by atoms with van der Waals surface area (Å²) in [7, 11) is 1.55. The van der Waals surface area contributed by atoms with Crippen molar-refractivity contribution in [1.82, 2.24) is 5.32 Å². The van der Waals surface area contributed by atoms with Gasteiger partial charge in [0.15, 0.2) is 0 Å². The van der Waals surface area contributed by atoms with Crippen molar-refractivity contribution >= 4 is 11.6 Å². The zero-order valence-electron chi connectivity index (χ0n) is 12.3. The number of carbonyl (C=O) groups excluding carboxylic acids is 1. The number of nitrogens with two attached hydrogens (primary N) is 1. The number of nitrogens with one attached hydrogen (secondary N) is 1. The summed E-state index contributed by atoms with van der Waals surface area (Å²) in [5, 5.41) is 3.10. The first kappa shape index (κ1) is 14.7. The molecule has 3 N–H and O–H groups in total. The first-order valence-corrected chi connectivity index (χ1v) is 7.36. The topological polar surface area (TPSA) is 64.3 Å². The van der Waals surface area contributed by atoms with E-state index in [-0.39, 0.29) is 11.9 Å². The molecule has 1 atom stereocenters. The predicted molar refractivity (Wildman–Crippen MR) is 80.9 cm³/mol. The normalized spacial score (nSPS) is 17.5. The Kier molecular flexibility index (Phi) is 4.88. The first-order valence-electron chi connectivity index (χ1n) is 7.36. The van der Waals surface area contributed by atoms with Gasteiger partial charge < -0.3 is 15.8 Å². The van der Waals surface area contributed by atoms with E-state index in [0.29, 0.717) is 22.9 Å². The number of hydrogen-bond donors (Lipinski definition) is 2. The van der Waals surface area contributed by atoms with Crippen LogP contribution in [0.25, 0.3) is 0 Å². The number of hydrogen-bond acceptors (Lipinski definition) is 3. The van der Waals surface area contributed by atoms with Crippen LogP contribution in [0.5, 0.6) is 5.75 Å². The van der Waals surface area contributed by atoms with Crippen LogP contribution in [0.15, 0.2) is 18.2 Å². The van der Waals surface area contributed by atoms with Crippen LogP contribution >= 0.6 is 0 Å². The lowest BCUT2D eigenvalue weighted by Gasteiger charge is -2.28. The Bertz CT molecular complexity index is 468. The Labute approximate surface area is 120 Å². The molecule has 1 aliphatic rings. The Morgan fingerprint density at radius 1 is 1.35 bits per heavy atom. The molecule has 0 saturated heterocycles. The van der Waals surface area contributed by atoms with Gasteiger partial charge in [-0.05, 0) is 37.8 Å². The van der Waals surface area contributed by atoms with Crippen LogP contribution in [-0.2, 0) is 0 Å². The van der Waals surface area contributed by atoms with Gasteiger partial charge in [0, 0.05) is 17.8 Å². The van der Waals surface area contributed by atoms with E-state index in [1.807, 2.05) is 0 Å². The second-order valence-corrected chi connectivity index (χ2v) is 5.62. The number of ether oxygens (including phenoxy) is 1. The largest absolute Gasteiger partial charge is 0.496 e. The molecule has 4 heteroatoms. The van der Waals surface area contributed by atoms with Gasteiger partial charge >= 0.3 is 0 Å². The molecular formula is C16H24N2O2. The van der Waals surface area contributed by atoms with Gasteiger partial charge in [-0.2, -0.15) is 0 Å². The van der Waals surface area contributed by atoms with Crippen molar-refractivity contribution in [3.8, 4) is 5.75 Å². The fraction of sp³-hybridized carbons (Fsp3) is 0.562. The average Bonchev–Trinajstić information content (AvgIpc) is 2.47. The Balaban J connectivity index is 2.03. The minimum absolute atomic E-state index is 0.0834. The predicted octanol–water partition coefficient (Wildman–Crippen LogP) is 2.98. The molecule has 0 aromatic heterocycles. The van der Waals surface area contributed by atoms with E-state index in [4.69, 9.17) is 10.5 Å². The summed E-state index contributed by atoms with van der Waals surface area (Å²) in [6.07, 6.45) is 6.29. The van der Waals surface area contributed by atoms with Crippen molar-refractivity contribution in [2.75, 3.05) is 12.8 Å². The van der Waals surface area contributed by atoms with Crippen LogP contribution in [0.4, 0.5) is 5.69 Å². The van der Waals surface area contributed by atoms with E-state index < -0.39 is 0 Å². The van der Waals surface area contributed by atoms with Crippen LogP contribution in [0.3, 0.4) is 0 Å². The second kappa shape index (κ2) is 6.64. The molecule has 2 rings (SSSR count). The molecule has 0 radical (unpaired) electrons. The van der Waals surface area contributed by atoms with Crippen molar-refractivity contribution in [2.24, 2.45) is 5.92 Å². The highest BCUT2D eigenvalue weighted by molar-refractivity contribution is 5.97. The van der Waals surface area contributed by atoms with Gasteiger partial charge in [0.2, 0.25) is 0 Å². The Hall–Kier alpha value is -1.71. The minimum Gasteiger partial charge on any atom is -0.496 e. The lowest BCUT2D eigenvalue weighted by molar-refractivity contribution is 0.0916. The molecule has 0 bridgehead atoms. The molecule has 1 saturated carbocycles. The third-order valence-corrected chi connectivity index (χ3v) is 4.19. The van der Waals surface area contributed by atoms with Crippen LogP contribution in [0.2, 0.25) is 0 Å². The molecule has 0 unspecified atom stereocenters. The maximum absolute atomic E-state index is 12.4. The van der Waals surface area contributed by atoms with Crippen LogP contribution in [0, 0.1) is 5.92 Å². The van der Waals surface area contributed by atoms with Crippen molar-refractivity contribution in [3.63, 3.8) is 0 Å². The maximum Gasteiger partial charge on any atom is 0.255 e. The highest BCUT2D eigenvalue weighted by Gasteiger charge is 2.22. The highest BCUT2D eigenvalue weighted by atomic mass is 16.5. The van der Waals surface area contributed by atoms with Crippen LogP contribution in [0.1, 0.15) is 49.4 Å². The first-order chi connectivity index (χ1) is 9.61. The lowest BCUT2D eigenvalue weighted by atomic mass is 9.84. The number of methoxy groups -OCH3 is 1. The van der Waals surface area contributed by atoms with Crippen LogP contribution < -0.4 is 15.8 Å². The molecule has 110 valence electrons. The molecule has 1 aromatic rings. The number of rotatable bonds is 4. The fourth-order valence-electron chi connectivity index (χ4n) is 2.93. The zero-order chi connectivity index (χ0) is 14.5. The summed E-state index contributed by atoms with van der Waals surface area (Å²) in [5.41, 5.74) is 6.85. The molecule has 20 heavy (non-hydrogen) atoms. The van der Waals surface area contributed by atoms with Gasteiger partial charge in [-0.15, -0.1) is 0 Å². The molecule has 1 aliphatic carbocycles. The van der Waals surface area contributed by atoms with E-state index in [9.17, 15) is 4.79 Å². The number of carbonyl (C=O) groups is 1. The molecule has 0 aliphatic heterocycles. The standard InChI is InChI=1S/C16H24N2O2/c1-11(12-6-4-3-5-7-12)18-16(19)14-9-8-13(17)10-15(14)20-2/h8-12H,3-7,17H2,1-2H3,(H,18,19)/t11-/m1/s1. The summed E-state index contributed by atoms with van der Waals surface area (Å²) in [5.74, 6) is 1.03. The lowest BCUT2D eigenvalue weighted by Crippen LogP contribution is -2.39. The second-order valence-electron chi connectivity index (χ2n) is 5.62. The third kappa shape index (κ3) is 3.44. The smallest absolute Gasteiger partial charge is 0.255 e. The number of benzene rings is 1. The van der Waals surface area contributed by atoms with Crippen LogP contribution in [-0.4, -0.2) is 19.1 Å². The zero-order valence-corrected chi connectivity index (χ0v) is 12.3. The minimum atomic E-state index is -0.0834.